The fourth-order valence-electron chi connectivity index (χ4n) is 2.91. The van der Waals surface area contributed by atoms with Crippen molar-refractivity contribution in [1.82, 2.24) is 10.3 Å². The van der Waals surface area contributed by atoms with Gasteiger partial charge in [0.1, 0.15) is 0 Å². The molecule has 0 atom stereocenters. The Morgan fingerprint density at radius 3 is 2.10 bits per heavy atom. The Hall–Kier alpha value is -2.42. The van der Waals surface area contributed by atoms with Gasteiger partial charge in [0.2, 0.25) is 5.91 Å². The zero-order valence-electron chi connectivity index (χ0n) is 18.8. The van der Waals surface area contributed by atoms with Gasteiger partial charge in [0.05, 0.1) is 0 Å². The largest absolute Gasteiger partial charge is 0.356 e. The highest BCUT2D eigenvalue weighted by Gasteiger charge is 2.00. The van der Waals surface area contributed by atoms with Gasteiger partial charge < -0.3 is 5.32 Å². The molecule has 0 fully saturated rings. The van der Waals surface area contributed by atoms with E-state index in [0.717, 1.165) is 44.2 Å². The van der Waals surface area contributed by atoms with E-state index in [4.69, 9.17) is 0 Å². The fraction of sp³-hybridized carbons (Fsp3) is 0.481. The Labute approximate surface area is 184 Å². The first-order chi connectivity index (χ1) is 14.8. The van der Waals surface area contributed by atoms with Crippen LogP contribution in [-0.4, -0.2) is 17.4 Å². The van der Waals surface area contributed by atoms with Gasteiger partial charge in [0, 0.05) is 31.3 Å². The second-order valence-corrected chi connectivity index (χ2v) is 7.40. The van der Waals surface area contributed by atoms with Crippen molar-refractivity contribution in [1.29, 1.82) is 0 Å². The summed E-state index contributed by atoms with van der Waals surface area (Å²) in [6.45, 7) is 2.89. The van der Waals surface area contributed by atoms with Crippen molar-refractivity contribution in [3.8, 4) is 0 Å². The van der Waals surface area contributed by atoms with Gasteiger partial charge in [-0.3, -0.25) is 9.78 Å². The van der Waals surface area contributed by atoms with E-state index in [2.05, 4.69) is 65.8 Å². The molecule has 0 aliphatic rings. The zero-order chi connectivity index (χ0) is 21.5. The van der Waals surface area contributed by atoms with E-state index < -0.39 is 0 Å². The molecule has 0 saturated heterocycles. The molecule has 0 aliphatic carbocycles. The number of nitrogens with zero attached hydrogens (tertiary/aromatic N) is 1. The molecular formula is C27H40N2O. The molecule has 1 aromatic rings. The molecule has 0 aromatic carbocycles. The third-order valence-corrected chi connectivity index (χ3v) is 4.66. The van der Waals surface area contributed by atoms with Crippen LogP contribution in [0.4, 0.5) is 0 Å². The van der Waals surface area contributed by atoms with Gasteiger partial charge in [-0.25, -0.2) is 0 Å². The van der Waals surface area contributed by atoms with Gasteiger partial charge in [-0.15, -0.1) is 0 Å². The molecule has 1 aromatic heterocycles. The number of nitrogens with one attached hydrogen (secondary N) is 1. The van der Waals surface area contributed by atoms with Crippen LogP contribution in [0.3, 0.4) is 0 Å². The minimum absolute atomic E-state index is 0.127. The normalized spacial score (nSPS) is 12.0. The van der Waals surface area contributed by atoms with E-state index in [9.17, 15) is 4.79 Å². The van der Waals surface area contributed by atoms with Gasteiger partial charge in [0.25, 0.3) is 0 Å². The number of carbonyl (C=O) groups excluding carboxylic acids is 1. The average Bonchev–Trinajstić information content (AvgIpc) is 2.76. The topological polar surface area (TPSA) is 42.0 Å². The van der Waals surface area contributed by atoms with Gasteiger partial charge in [-0.05, 0) is 57.1 Å². The maximum atomic E-state index is 11.8. The van der Waals surface area contributed by atoms with Crippen LogP contribution in [0.1, 0.15) is 76.8 Å². The summed E-state index contributed by atoms with van der Waals surface area (Å²) in [5.41, 5.74) is 1.01. The predicted octanol–water partition coefficient (Wildman–Crippen LogP) is 6.89. The van der Waals surface area contributed by atoms with Gasteiger partial charge in [0.15, 0.2) is 0 Å². The standard InChI is InChI=1S/C27H40N2O/c1-2-3-4-5-6-7-8-9-10-11-12-13-14-15-16-17-18-22-27(30)29-25-23-26-21-19-20-24-28-26/h6-7,9-10,12-13,15-16,19-21,24H,2-5,8,11,14,17-18,22-23,25H2,1H3,(H,29,30)/b7-6-,10-9-,13-12-,16-15-. The fourth-order valence-corrected chi connectivity index (χ4v) is 2.91. The molecule has 164 valence electrons. The molecule has 0 saturated carbocycles. The lowest BCUT2D eigenvalue weighted by Crippen LogP contribution is -2.25. The highest BCUT2D eigenvalue weighted by Crippen LogP contribution is 2.01. The van der Waals surface area contributed by atoms with Crippen molar-refractivity contribution >= 4 is 5.91 Å². The van der Waals surface area contributed by atoms with Crippen LogP contribution in [0.5, 0.6) is 0 Å². The molecule has 1 heterocycles. The maximum Gasteiger partial charge on any atom is 0.220 e. The first-order valence-electron chi connectivity index (χ1n) is 11.6. The number of unbranched alkanes of at least 4 members (excludes halogenated alkanes) is 4. The highest BCUT2D eigenvalue weighted by atomic mass is 16.1. The summed E-state index contributed by atoms with van der Waals surface area (Å²) in [5, 5.41) is 2.96. The number of hydrogen-bond donors (Lipinski definition) is 1. The maximum absolute atomic E-state index is 11.8. The minimum Gasteiger partial charge on any atom is -0.356 e. The van der Waals surface area contributed by atoms with Crippen molar-refractivity contribution in [3.63, 3.8) is 0 Å². The van der Waals surface area contributed by atoms with E-state index in [1.165, 1.54) is 25.7 Å². The van der Waals surface area contributed by atoms with Crippen LogP contribution in [0.15, 0.2) is 73.0 Å². The van der Waals surface area contributed by atoms with E-state index in [1.807, 2.05) is 18.2 Å². The molecular weight excluding hydrogens is 368 g/mol. The van der Waals surface area contributed by atoms with Crippen molar-refractivity contribution in [2.24, 2.45) is 0 Å². The van der Waals surface area contributed by atoms with E-state index in [-0.39, 0.29) is 5.91 Å². The molecule has 0 unspecified atom stereocenters. The van der Waals surface area contributed by atoms with Gasteiger partial charge in [-0.1, -0.05) is 74.4 Å². The number of allylic oxidation sites excluding steroid dienone is 8. The molecule has 1 N–H and O–H groups in total. The molecule has 0 spiro atoms. The lowest BCUT2D eigenvalue weighted by molar-refractivity contribution is -0.121. The minimum atomic E-state index is 0.127. The quantitative estimate of drug-likeness (QED) is 0.225. The second-order valence-electron chi connectivity index (χ2n) is 7.40. The van der Waals surface area contributed by atoms with Crippen LogP contribution in [-0.2, 0) is 11.2 Å². The molecule has 3 nitrogen and oxygen atoms in total. The van der Waals surface area contributed by atoms with E-state index in [1.54, 1.807) is 6.20 Å². The zero-order valence-corrected chi connectivity index (χ0v) is 18.8. The number of amides is 1. The Balaban J connectivity index is 1.92. The average molecular weight is 409 g/mol. The Morgan fingerprint density at radius 1 is 0.867 bits per heavy atom. The summed E-state index contributed by atoms with van der Waals surface area (Å²) in [6.07, 6.45) is 30.9. The number of aromatic nitrogens is 1. The second kappa shape index (κ2) is 19.9. The molecule has 1 amide bonds. The Bertz CT molecular complexity index is 644. The van der Waals surface area contributed by atoms with Crippen molar-refractivity contribution < 1.29 is 4.79 Å². The smallest absolute Gasteiger partial charge is 0.220 e. The van der Waals surface area contributed by atoms with Crippen molar-refractivity contribution in [2.75, 3.05) is 6.54 Å². The Morgan fingerprint density at radius 2 is 1.50 bits per heavy atom. The first-order valence-corrected chi connectivity index (χ1v) is 11.6. The van der Waals surface area contributed by atoms with Crippen LogP contribution >= 0.6 is 0 Å². The van der Waals surface area contributed by atoms with Crippen LogP contribution in [0, 0.1) is 0 Å². The monoisotopic (exact) mass is 408 g/mol. The number of rotatable bonds is 17. The molecule has 0 bridgehead atoms. The van der Waals surface area contributed by atoms with E-state index in [0.29, 0.717) is 13.0 Å². The predicted molar refractivity (Wildman–Crippen MR) is 129 cm³/mol. The number of carbonyl (C=O) groups is 1. The van der Waals surface area contributed by atoms with Crippen LogP contribution in [0.25, 0.3) is 0 Å². The van der Waals surface area contributed by atoms with Crippen LogP contribution < -0.4 is 5.32 Å². The van der Waals surface area contributed by atoms with Crippen molar-refractivity contribution in [3.05, 3.63) is 78.7 Å². The summed E-state index contributed by atoms with van der Waals surface area (Å²) >= 11 is 0. The molecule has 0 aliphatic heterocycles. The lowest BCUT2D eigenvalue weighted by Gasteiger charge is -2.04. The van der Waals surface area contributed by atoms with E-state index >= 15 is 0 Å². The SMILES string of the molecule is CCCCC/C=C\C/C=C\C/C=C\C/C=C\CCCC(=O)NCCc1ccccn1. The summed E-state index contributed by atoms with van der Waals surface area (Å²) in [5.74, 6) is 0.127. The van der Waals surface area contributed by atoms with Gasteiger partial charge >= 0.3 is 0 Å². The Kier molecular flexibility index (Phi) is 17.0. The summed E-state index contributed by atoms with van der Waals surface area (Å²) in [4.78, 5) is 16.1. The molecule has 0 radical (unpaired) electrons. The number of hydrogen-bond acceptors (Lipinski definition) is 2. The molecule has 1 rings (SSSR count). The number of pyridine rings is 1. The lowest BCUT2D eigenvalue weighted by atomic mass is 10.2. The molecule has 3 heteroatoms. The van der Waals surface area contributed by atoms with Gasteiger partial charge in [-0.2, -0.15) is 0 Å². The summed E-state index contributed by atoms with van der Waals surface area (Å²) in [7, 11) is 0. The molecule has 30 heavy (non-hydrogen) atoms. The summed E-state index contributed by atoms with van der Waals surface area (Å²) in [6, 6.07) is 5.85. The van der Waals surface area contributed by atoms with Crippen molar-refractivity contribution in [2.45, 2.75) is 77.6 Å². The third-order valence-electron chi connectivity index (χ3n) is 4.66. The third kappa shape index (κ3) is 16.5. The highest BCUT2D eigenvalue weighted by molar-refractivity contribution is 5.75. The summed E-state index contributed by atoms with van der Waals surface area (Å²) < 4.78 is 0. The first kappa shape index (κ1) is 25.6. The van der Waals surface area contributed by atoms with Crippen LogP contribution in [0.2, 0.25) is 0 Å².